The number of rotatable bonds is 3. The molecule has 1 aromatic rings. The Morgan fingerprint density at radius 3 is 2.50 bits per heavy atom. The number of carbonyl (C=O) groups is 1. The molecule has 3 nitrogen and oxygen atoms in total. The molecule has 0 spiro atoms. The maximum atomic E-state index is 12.2. The Morgan fingerprint density at radius 1 is 1.17 bits per heavy atom. The average Bonchev–Trinajstić information content (AvgIpc) is 2.68. The number of amides is 1. The van der Waals surface area contributed by atoms with Crippen molar-refractivity contribution in [2.75, 3.05) is 12.4 Å². The first-order valence-corrected chi connectivity index (χ1v) is 6.75. The first-order chi connectivity index (χ1) is 8.81. The monoisotopic (exact) mass is 247 g/mol. The molecule has 0 aliphatic heterocycles. The van der Waals surface area contributed by atoms with E-state index in [-0.39, 0.29) is 11.8 Å². The van der Waals surface area contributed by atoms with E-state index in [9.17, 15) is 4.79 Å². The number of benzene rings is 1. The minimum absolute atomic E-state index is 0.140. The molecule has 1 saturated carbocycles. The number of para-hydroxylation sites is 2. The maximum Gasteiger partial charge on any atom is 0.227 e. The Hall–Kier alpha value is -1.51. The van der Waals surface area contributed by atoms with E-state index in [1.807, 2.05) is 24.3 Å². The van der Waals surface area contributed by atoms with Gasteiger partial charge in [0.25, 0.3) is 0 Å². The Labute approximate surface area is 109 Å². The van der Waals surface area contributed by atoms with Crippen LogP contribution in [0.15, 0.2) is 24.3 Å². The van der Waals surface area contributed by atoms with Gasteiger partial charge < -0.3 is 10.1 Å². The summed E-state index contributed by atoms with van der Waals surface area (Å²) in [5.74, 6) is 1.03. The van der Waals surface area contributed by atoms with Gasteiger partial charge in [-0.05, 0) is 25.0 Å². The van der Waals surface area contributed by atoms with E-state index < -0.39 is 0 Å². The highest BCUT2D eigenvalue weighted by molar-refractivity contribution is 5.93. The molecule has 0 saturated heterocycles. The van der Waals surface area contributed by atoms with Gasteiger partial charge >= 0.3 is 0 Å². The molecule has 98 valence electrons. The average molecular weight is 247 g/mol. The lowest BCUT2D eigenvalue weighted by atomic mass is 9.99. The Balaban J connectivity index is 2.01. The van der Waals surface area contributed by atoms with Gasteiger partial charge in [0.2, 0.25) is 5.91 Å². The van der Waals surface area contributed by atoms with Crippen LogP contribution in [0.2, 0.25) is 0 Å². The van der Waals surface area contributed by atoms with Gasteiger partial charge in [-0.2, -0.15) is 0 Å². The third-order valence-corrected chi connectivity index (χ3v) is 3.59. The Morgan fingerprint density at radius 2 is 1.83 bits per heavy atom. The van der Waals surface area contributed by atoms with Crippen molar-refractivity contribution in [2.24, 2.45) is 5.92 Å². The van der Waals surface area contributed by atoms with E-state index in [4.69, 9.17) is 4.74 Å². The minimum Gasteiger partial charge on any atom is -0.495 e. The molecule has 1 aliphatic rings. The van der Waals surface area contributed by atoms with Crippen LogP contribution in [-0.2, 0) is 4.79 Å². The van der Waals surface area contributed by atoms with Gasteiger partial charge in [-0.25, -0.2) is 0 Å². The lowest BCUT2D eigenvalue weighted by Gasteiger charge is -2.15. The van der Waals surface area contributed by atoms with Crippen molar-refractivity contribution in [2.45, 2.75) is 38.5 Å². The quantitative estimate of drug-likeness (QED) is 0.829. The van der Waals surface area contributed by atoms with E-state index in [0.717, 1.165) is 24.3 Å². The van der Waals surface area contributed by atoms with Crippen LogP contribution in [0.25, 0.3) is 0 Å². The van der Waals surface area contributed by atoms with E-state index in [0.29, 0.717) is 0 Å². The third kappa shape index (κ3) is 3.25. The fourth-order valence-electron chi connectivity index (χ4n) is 2.52. The Kier molecular flexibility index (Phi) is 4.62. The largest absolute Gasteiger partial charge is 0.495 e. The Bertz CT molecular complexity index is 395. The minimum atomic E-state index is 0.140. The predicted molar refractivity (Wildman–Crippen MR) is 72.8 cm³/mol. The van der Waals surface area contributed by atoms with E-state index >= 15 is 0 Å². The lowest BCUT2D eigenvalue weighted by molar-refractivity contribution is -0.120. The van der Waals surface area contributed by atoms with Gasteiger partial charge in [0.05, 0.1) is 12.8 Å². The van der Waals surface area contributed by atoms with Gasteiger partial charge in [0.1, 0.15) is 5.75 Å². The van der Waals surface area contributed by atoms with Gasteiger partial charge in [-0.3, -0.25) is 4.79 Å². The summed E-state index contributed by atoms with van der Waals surface area (Å²) in [4.78, 5) is 12.2. The van der Waals surface area contributed by atoms with Crippen LogP contribution in [0.1, 0.15) is 38.5 Å². The zero-order valence-corrected chi connectivity index (χ0v) is 10.9. The number of hydrogen-bond donors (Lipinski definition) is 1. The second-order valence-corrected chi connectivity index (χ2v) is 4.88. The molecule has 1 N–H and O–H groups in total. The highest BCUT2D eigenvalue weighted by Gasteiger charge is 2.20. The van der Waals surface area contributed by atoms with Crippen molar-refractivity contribution in [1.82, 2.24) is 0 Å². The fourth-order valence-corrected chi connectivity index (χ4v) is 2.52. The van der Waals surface area contributed by atoms with Gasteiger partial charge in [-0.15, -0.1) is 0 Å². The van der Waals surface area contributed by atoms with Crippen LogP contribution >= 0.6 is 0 Å². The number of anilines is 1. The van der Waals surface area contributed by atoms with Crippen molar-refractivity contribution in [1.29, 1.82) is 0 Å². The van der Waals surface area contributed by atoms with Gasteiger partial charge in [0.15, 0.2) is 0 Å². The first kappa shape index (κ1) is 12.9. The fraction of sp³-hybridized carbons (Fsp3) is 0.533. The van der Waals surface area contributed by atoms with Crippen molar-refractivity contribution in [3.63, 3.8) is 0 Å². The molecule has 18 heavy (non-hydrogen) atoms. The van der Waals surface area contributed by atoms with E-state index in [1.165, 1.54) is 25.7 Å². The maximum absolute atomic E-state index is 12.2. The molecule has 0 atom stereocenters. The van der Waals surface area contributed by atoms with Crippen molar-refractivity contribution in [3.8, 4) is 5.75 Å². The summed E-state index contributed by atoms with van der Waals surface area (Å²) >= 11 is 0. The summed E-state index contributed by atoms with van der Waals surface area (Å²) in [6.07, 6.45) is 6.90. The van der Waals surface area contributed by atoms with Gasteiger partial charge in [0, 0.05) is 5.92 Å². The molecule has 0 unspecified atom stereocenters. The number of carbonyl (C=O) groups excluding carboxylic acids is 1. The van der Waals surface area contributed by atoms with Gasteiger partial charge in [-0.1, -0.05) is 37.8 Å². The topological polar surface area (TPSA) is 38.3 Å². The van der Waals surface area contributed by atoms with Crippen LogP contribution in [0.5, 0.6) is 5.75 Å². The van der Waals surface area contributed by atoms with Crippen LogP contribution < -0.4 is 10.1 Å². The van der Waals surface area contributed by atoms with Crippen molar-refractivity contribution >= 4 is 11.6 Å². The summed E-state index contributed by atoms with van der Waals surface area (Å²) in [6.45, 7) is 0. The summed E-state index contributed by atoms with van der Waals surface area (Å²) in [5.41, 5.74) is 0.772. The number of nitrogens with one attached hydrogen (secondary N) is 1. The molecule has 2 rings (SSSR count). The lowest BCUT2D eigenvalue weighted by Crippen LogP contribution is -2.22. The zero-order valence-electron chi connectivity index (χ0n) is 10.9. The molecule has 0 bridgehead atoms. The van der Waals surface area contributed by atoms with Crippen molar-refractivity contribution in [3.05, 3.63) is 24.3 Å². The standard InChI is InChI=1S/C15H21NO2/c1-18-14-11-7-6-10-13(14)16-15(17)12-8-4-2-3-5-9-12/h6-7,10-12H,2-5,8-9H2,1H3,(H,16,17). The SMILES string of the molecule is COc1ccccc1NC(=O)C1CCCCCC1. The number of ether oxygens (including phenoxy) is 1. The van der Waals surface area contributed by atoms with Crippen LogP contribution in [-0.4, -0.2) is 13.0 Å². The first-order valence-electron chi connectivity index (χ1n) is 6.75. The predicted octanol–water partition coefficient (Wildman–Crippen LogP) is 3.60. The molecule has 1 aromatic carbocycles. The third-order valence-electron chi connectivity index (χ3n) is 3.59. The molecule has 1 aliphatic carbocycles. The van der Waals surface area contributed by atoms with E-state index in [2.05, 4.69) is 5.32 Å². The summed E-state index contributed by atoms with van der Waals surface area (Å²) < 4.78 is 5.24. The highest BCUT2D eigenvalue weighted by Crippen LogP contribution is 2.27. The molecular formula is C15H21NO2. The zero-order chi connectivity index (χ0) is 12.8. The van der Waals surface area contributed by atoms with E-state index in [1.54, 1.807) is 7.11 Å². The van der Waals surface area contributed by atoms with Crippen molar-refractivity contribution < 1.29 is 9.53 Å². The van der Waals surface area contributed by atoms with Crippen LogP contribution in [0.3, 0.4) is 0 Å². The molecular weight excluding hydrogens is 226 g/mol. The molecule has 0 aromatic heterocycles. The second-order valence-electron chi connectivity index (χ2n) is 4.88. The normalized spacial score (nSPS) is 16.9. The smallest absolute Gasteiger partial charge is 0.227 e. The highest BCUT2D eigenvalue weighted by atomic mass is 16.5. The molecule has 1 amide bonds. The van der Waals surface area contributed by atoms with Crippen LogP contribution in [0, 0.1) is 5.92 Å². The summed E-state index contributed by atoms with van der Waals surface area (Å²) in [7, 11) is 1.62. The molecule has 3 heteroatoms. The summed E-state index contributed by atoms with van der Waals surface area (Å²) in [5, 5.41) is 3.00. The number of methoxy groups -OCH3 is 1. The molecule has 1 fully saturated rings. The number of hydrogen-bond acceptors (Lipinski definition) is 2. The van der Waals surface area contributed by atoms with Crippen LogP contribution in [0.4, 0.5) is 5.69 Å². The summed E-state index contributed by atoms with van der Waals surface area (Å²) in [6, 6.07) is 7.56. The molecule has 0 radical (unpaired) electrons. The second kappa shape index (κ2) is 6.43. The molecule has 0 heterocycles.